The molecule has 5 rings (SSSR count). The number of aryl methyl sites for hydroxylation is 1. The molecule has 3 aromatic rings. The van der Waals surface area contributed by atoms with E-state index in [-0.39, 0.29) is 17.6 Å². The van der Waals surface area contributed by atoms with Crippen LogP contribution in [-0.4, -0.2) is 31.1 Å². The van der Waals surface area contributed by atoms with Crippen LogP contribution in [0.4, 0.5) is 0 Å². The summed E-state index contributed by atoms with van der Waals surface area (Å²) in [7, 11) is 0. The Morgan fingerprint density at radius 2 is 1.94 bits per heavy atom. The Bertz CT molecular complexity index is 1350. The summed E-state index contributed by atoms with van der Waals surface area (Å²) in [6, 6.07) is 5.50. The predicted octanol–water partition coefficient (Wildman–Crippen LogP) is 4.51. The first-order chi connectivity index (χ1) is 17.0. The minimum atomic E-state index is -0.129. The monoisotopic (exact) mass is 489 g/mol. The van der Waals surface area contributed by atoms with Crippen molar-refractivity contribution in [1.82, 2.24) is 24.4 Å². The smallest absolute Gasteiger partial charge is 0.333 e. The Labute approximate surface area is 209 Å². The zero-order chi connectivity index (χ0) is 24.4. The molecule has 1 amide bonds. The highest BCUT2D eigenvalue weighted by Gasteiger charge is 2.27. The van der Waals surface area contributed by atoms with E-state index in [2.05, 4.69) is 21.4 Å². The van der Waals surface area contributed by atoms with E-state index < -0.39 is 0 Å². The van der Waals surface area contributed by atoms with Gasteiger partial charge >= 0.3 is 5.69 Å². The maximum absolute atomic E-state index is 13.5. The minimum absolute atomic E-state index is 0.0134. The van der Waals surface area contributed by atoms with Crippen molar-refractivity contribution < 1.29 is 4.79 Å². The minimum Gasteiger partial charge on any atom is -0.349 e. The molecule has 1 fully saturated rings. The number of hydrogen-bond acceptors (Lipinski definition) is 4. The highest BCUT2D eigenvalue weighted by atomic mass is 35.5. The molecule has 0 aromatic carbocycles. The van der Waals surface area contributed by atoms with Crippen LogP contribution in [0.3, 0.4) is 0 Å². The lowest BCUT2D eigenvalue weighted by Crippen LogP contribution is -2.39. The third kappa shape index (κ3) is 4.86. The van der Waals surface area contributed by atoms with Crippen molar-refractivity contribution in [2.24, 2.45) is 5.92 Å². The van der Waals surface area contributed by atoms with E-state index in [9.17, 15) is 9.59 Å². The van der Waals surface area contributed by atoms with Crippen LogP contribution in [0.15, 0.2) is 59.8 Å². The molecule has 0 spiro atoms. The number of imidazole rings is 1. The van der Waals surface area contributed by atoms with Gasteiger partial charge in [-0.2, -0.15) is 0 Å². The summed E-state index contributed by atoms with van der Waals surface area (Å²) in [4.78, 5) is 34.6. The SMILES string of the molecule is Cc1ncc(Cl)cc1C(=O)NC1CCC(Cn2c3c(n(-c4ccncc4)c2=O)C=CC=CC3)CC1. The van der Waals surface area contributed by atoms with Gasteiger partial charge in [-0.25, -0.2) is 4.79 Å². The number of halogens is 1. The zero-order valence-corrected chi connectivity index (χ0v) is 20.4. The molecular formula is C27H28ClN5O2. The molecule has 3 aromatic heterocycles. The van der Waals surface area contributed by atoms with E-state index in [0.29, 0.717) is 35.2 Å². The Morgan fingerprint density at radius 1 is 1.17 bits per heavy atom. The van der Waals surface area contributed by atoms with Gasteiger partial charge in [0.05, 0.1) is 33.4 Å². The van der Waals surface area contributed by atoms with Gasteiger partial charge in [-0.3, -0.25) is 23.9 Å². The van der Waals surface area contributed by atoms with E-state index in [4.69, 9.17) is 11.6 Å². The molecule has 0 bridgehead atoms. The number of rotatable bonds is 5. The molecule has 0 aliphatic heterocycles. The predicted molar refractivity (Wildman–Crippen MR) is 137 cm³/mol. The van der Waals surface area contributed by atoms with Gasteiger partial charge in [0.1, 0.15) is 0 Å². The summed E-state index contributed by atoms with van der Waals surface area (Å²) in [5, 5.41) is 3.60. The molecule has 2 aliphatic rings. The van der Waals surface area contributed by atoms with E-state index in [1.165, 1.54) is 0 Å². The molecule has 2 aliphatic carbocycles. The summed E-state index contributed by atoms with van der Waals surface area (Å²) in [6.07, 6.45) is 17.5. The Kier molecular flexibility index (Phi) is 6.68. The van der Waals surface area contributed by atoms with Crippen molar-refractivity contribution in [2.45, 2.75) is 51.6 Å². The summed E-state index contributed by atoms with van der Waals surface area (Å²) in [6.45, 7) is 2.49. The van der Waals surface area contributed by atoms with Crippen LogP contribution in [0.2, 0.25) is 5.02 Å². The quantitative estimate of drug-likeness (QED) is 0.572. The van der Waals surface area contributed by atoms with Crippen LogP contribution in [0.25, 0.3) is 11.8 Å². The van der Waals surface area contributed by atoms with Crippen LogP contribution < -0.4 is 11.0 Å². The molecule has 1 N–H and O–H groups in total. The number of nitrogens with one attached hydrogen (secondary N) is 1. The lowest BCUT2D eigenvalue weighted by molar-refractivity contribution is 0.0919. The number of pyridine rings is 2. The van der Waals surface area contributed by atoms with Crippen molar-refractivity contribution in [3.05, 3.63) is 93.2 Å². The molecule has 180 valence electrons. The first kappa shape index (κ1) is 23.3. The second-order valence-corrected chi connectivity index (χ2v) is 9.67. The van der Waals surface area contributed by atoms with Gasteiger partial charge in [0.15, 0.2) is 0 Å². The fourth-order valence-electron chi connectivity index (χ4n) is 5.08. The van der Waals surface area contributed by atoms with Gasteiger partial charge in [0.2, 0.25) is 0 Å². The van der Waals surface area contributed by atoms with Gasteiger partial charge in [-0.1, -0.05) is 29.8 Å². The normalized spacial score (nSPS) is 19.3. The number of fused-ring (bicyclic) bond motifs is 1. The Morgan fingerprint density at radius 3 is 2.71 bits per heavy atom. The summed E-state index contributed by atoms with van der Waals surface area (Å²) >= 11 is 6.03. The first-order valence-electron chi connectivity index (χ1n) is 12.0. The summed E-state index contributed by atoms with van der Waals surface area (Å²) < 4.78 is 3.73. The standard InChI is InChI=1S/C27H28ClN5O2/c1-18-23(15-20(28)16-30-18)26(34)31-21-9-7-19(8-10-21)17-32-24-5-3-2-4-6-25(24)33(27(32)35)22-11-13-29-14-12-22/h2-4,6,11-16,19,21H,5,7-10,17H2,1H3,(H,31,34). The van der Waals surface area contributed by atoms with E-state index in [1.807, 2.05) is 41.9 Å². The van der Waals surface area contributed by atoms with Gasteiger partial charge in [-0.15, -0.1) is 0 Å². The van der Waals surface area contributed by atoms with E-state index in [0.717, 1.165) is 42.8 Å². The number of amides is 1. The molecule has 3 heterocycles. The van der Waals surface area contributed by atoms with E-state index in [1.54, 1.807) is 29.2 Å². The van der Waals surface area contributed by atoms with Crippen molar-refractivity contribution in [3.8, 4) is 5.69 Å². The molecule has 7 nitrogen and oxygen atoms in total. The van der Waals surface area contributed by atoms with Crippen molar-refractivity contribution >= 4 is 23.6 Å². The lowest BCUT2D eigenvalue weighted by atomic mass is 9.85. The van der Waals surface area contributed by atoms with Crippen LogP contribution in [-0.2, 0) is 13.0 Å². The van der Waals surface area contributed by atoms with Gasteiger partial charge in [0.25, 0.3) is 5.91 Å². The van der Waals surface area contributed by atoms with Gasteiger partial charge in [-0.05, 0) is 62.8 Å². The Balaban J connectivity index is 1.30. The largest absolute Gasteiger partial charge is 0.349 e. The summed E-state index contributed by atoms with van der Waals surface area (Å²) in [5.74, 6) is 0.250. The zero-order valence-electron chi connectivity index (χ0n) is 19.7. The third-order valence-electron chi connectivity index (χ3n) is 6.94. The third-order valence-corrected chi connectivity index (χ3v) is 7.15. The van der Waals surface area contributed by atoms with Gasteiger partial charge in [0, 0.05) is 37.6 Å². The number of carbonyl (C=O) groups is 1. The highest BCUT2D eigenvalue weighted by molar-refractivity contribution is 6.30. The maximum Gasteiger partial charge on any atom is 0.333 e. The lowest BCUT2D eigenvalue weighted by Gasteiger charge is -2.29. The van der Waals surface area contributed by atoms with Gasteiger partial charge < -0.3 is 5.32 Å². The first-order valence-corrected chi connectivity index (χ1v) is 12.4. The number of hydrogen-bond donors (Lipinski definition) is 1. The van der Waals surface area contributed by atoms with Crippen molar-refractivity contribution in [3.63, 3.8) is 0 Å². The maximum atomic E-state index is 13.5. The topological polar surface area (TPSA) is 81.8 Å². The molecule has 35 heavy (non-hydrogen) atoms. The average molecular weight is 490 g/mol. The average Bonchev–Trinajstić information content (AvgIpc) is 3.00. The fraction of sp³-hybridized carbons (Fsp3) is 0.333. The number of nitrogens with zero attached hydrogens (tertiary/aromatic N) is 4. The molecule has 1 saturated carbocycles. The van der Waals surface area contributed by atoms with Crippen LogP contribution >= 0.6 is 11.6 Å². The van der Waals surface area contributed by atoms with E-state index >= 15 is 0 Å². The van der Waals surface area contributed by atoms with Crippen molar-refractivity contribution in [2.75, 3.05) is 0 Å². The molecule has 0 unspecified atom stereocenters. The molecular weight excluding hydrogens is 462 g/mol. The molecule has 0 radical (unpaired) electrons. The second kappa shape index (κ2) is 10.0. The van der Waals surface area contributed by atoms with Crippen LogP contribution in [0.1, 0.15) is 53.1 Å². The number of aromatic nitrogens is 4. The van der Waals surface area contributed by atoms with Crippen LogP contribution in [0.5, 0.6) is 0 Å². The fourth-order valence-corrected chi connectivity index (χ4v) is 5.23. The summed E-state index contributed by atoms with van der Waals surface area (Å²) in [5.41, 5.74) is 3.97. The molecule has 8 heteroatoms. The Hall–Kier alpha value is -3.45. The number of carbonyl (C=O) groups excluding carboxylic acids is 1. The highest BCUT2D eigenvalue weighted by Crippen LogP contribution is 2.28. The number of allylic oxidation sites excluding steroid dienone is 3. The molecule has 0 atom stereocenters. The molecule has 0 saturated heterocycles. The second-order valence-electron chi connectivity index (χ2n) is 9.23. The van der Waals surface area contributed by atoms with Crippen molar-refractivity contribution in [1.29, 1.82) is 0 Å². The van der Waals surface area contributed by atoms with Crippen LogP contribution in [0, 0.1) is 12.8 Å².